The van der Waals surface area contributed by atoms with Gasteiger partial charge in [0, 0.05) is 13.5 Å². The molecule has 110 valence electrons. The first-order valence-electron chi connectivity index (χ1n) is 6.67. The summed E-state index contributed by atoms with van der Waals surface area (Å²) in [4.78, 5) is 23.9. The van der Waals surface area contributed by atoms with E-state index in [0.717, 1.165) is 5.56 Å². The predicted octanol–water partition coefficient (Wildman–Crippen LogP) is 1.95. The fourth-order valence-electron chi connectivity index (χ4n) is 2.10. The average molecular weight is 286 g/mol. The zero-order valence-electron chi connectivity index (χ0n) is 12.1. The summed E-state index contributed by atoms with van der Waals surface area (Å²) in [5.74, 6) is -0.233. The predicted molar refractivity (Wildman–Crippen MR) is 78.2 cm³/mol. The summed E-state index contributed by atoms with van der Waals surface area (Å²) in [7, 11) is 0. The van der Waals surface area contributed by atoms with Crippen molar-refractivity contribution in [3.8, 4) is 0 Å². The van der Waals surface area contributed by atoms with Crippen LogP contribution in [0.5, 0.6) is 0 Å². The first kappa shape index (κ1) is 14.8. The van der Waals surface area contributed by atoms with Crippen LogP contribution in [0.2, 0.25) is 0 Å². The van der Waals surface area contributed by atoms with Crippen molar-refractivity contribution in [3.63, 3.8) is 0 Å². The minimum atomic E-state index is -1.23. The Bertz CT molecular complexity index is 608. The monoisotopic (exact) mass is 286 g/mol. The third-order valence-electron chi connectivity index (χ3n) is 3.19. The standard InChI is InChI=1S/C16H18N2O3/c1-12(19)18-16(2,14-9-6-10-21-14)15(20)17-11-13-7-4-3-5-8-13/h3-10H,11H2,1-2H3,(H,17,20)(H,18,19). The van der Waals surface area contributed by atoms with Crippen molar-refractivity contribution in [2.75, 3.05) is 0 Å². The second-order valence-electron chi connectivity index (χ2n) is 4.95. The van der Waals surface area contributed by atoms with Crippen LogP contribution in [0.4, 0.5) is 0 Å². The third kappa shape index (κ3) is 3.51. The second-order valence-corrected chi connectivity index (χ2v) is 4.95. The summed E-state index contributed by atoms with van der Waals surface area (Å²) in [5.41, 5.74) is -0.250. The molecular weight excluding hydrogens is 268 g/mol. The molecule has 0 radical (unpaired) electrons. The molecule has 0 aliphatic rings. The van der Waals surface area contributed by atoms with E-state index in [0.29, 0.717) is 12.3 Å². The van der Waals surface area contributed by atoms with Gasteiger partial charge in [-0.2, -0.15) is 0 Å². The normalized spacial score (nSPS) is 13.2. The zero-order valence-corrected chi connectivity index (χ0v) is 12.1. The molecule has 1 aromatic heterocycles. The molecule has 5 nitrogen and oxygen atoms in total. The van der Waals surface area contributed by atoms with Crippen molar-refractivity contribution in [2.45, 2.75) is 25.9 Å². The molecule has 0 aliphatic carbocycles. The van der Waals surface area contributed by atoms with Gasteiger partial charge >= 0.3 is 0 Å². The molecule has 0 bridgehead atoms. The van der Waals surface area contributed by atoms with Gasteiger partial charge in [-0.3, -0.25) is 9.59 Å². The van der Waals surface area contributed by atoms with Crippen LogP contribution in [0.1, 0.15) is 25.2 Å². The summed E-state index contributed by atoms with van der Waals surface area (Å²) in [6, 6.07) is 12.9. The fourth-order valence-corrected chi connectivity index (χ4v) is 2.10. The van der Waals surface area contributed by atoms with Crippen LogP contribution in [0.15, 0.2) is 53.1 Å². The first-order chi connectivity index (χ1) is 10.0. The minimum absolute atomic E-state index is 0.302. The Kier molecular flexibility index (Phi) is 4.42. The molecule has 2 rings (SSSR count). The van der Waals surface area contributed by atoms with E-state index >= 15 is 0 Å². The molecule has 0 spiro atoms. The molecule has 1 aromatic carbocycles. The van der Waals surface area contributed by atoms with Gasteiger partial charge in [0.05, 0.1) is 6.26 Å². The summed E-state index contributed by atoms with van der Waals surface area (Å²) in [6.07, 6.45) is 1.47. The van der Waals surface area contributed by atoms with E-state index < -0.39 is 5.54 Å². The van der Waals surface area contributed by atoms with E-state index in [4.69, 9.17) is 4.42 Å². The molecule has 5 heteroatoms. The number of amides is 2. The van der Waals surface area contributed by atoms with Crippen molar-refractivity contribution in [2.24, 2.45) is 0 Å². The van der Waals surface area contributed by atoms with Crippen LogP contribution in [0, 0.1) is 0 Å². The molecule has 0 fully saturated rings. The molecule has 2 aromatic rings. The highest BCUT2D eigenvalue weighted by Gasteiger charge is 2.38. The highest BCUT2D eigenvalue weighted by atomic mass is 16.3. The summed E-state index contributed by atoms with van der Waals surface area (Å²) in [5, 5.41) is 5.47. The van der Waals surface area contributed by atoms with Gasteiger partial charge in [0.15, 0.2) is 5.54 Å². The Morgan fingerprint density at radius 1 is 1.14 bits per heavy atom. The lowest BCUT2D eigenvalue weighted by atomic mass is 9.97. The zero-order chi connectivity index (χ0) is 15.3. The van der Waals surface area contributed by atoms with E-state index in [9.17, 15) is 9.59 Å². The SMILES string of the molecule is CC(=O)NC(C)(C(=O)NCc1ccccc1)c1ccco1. The van der Waals surface area contributed by atoms with E-state index in [1.165, 1.54) is 13.2 Å². The molecular formula is C16H18N2O3. The lowest BCUT2D eigenvalue weighted by Crippen LogP contribution is -2.53. The van der Waals surface area contributed by atoms with Gasteiger partial charge in [0.25, 0.3) is 5.91 Å². The van der Waals surface area contributed by atoms with Crippen molar-refractivity contribution < 1.29 is 14.0 Å². The maximum atomic E-state index is 12.5. The van der Waals surface area contributed by atoms with Gasteiger partial charge in [-0.05, 0) is 24.6 Å². The minimum Gasteiger partial charge on any atom is -0.466 e. The highest BCUT2D eigenvalue weighted by molar-refractivity contribution is 5.91. The molecule has 1 heterocycles. The molecule has 21 heavy (non-hydrogen) atoms. The van der Waals surface area contributed by atoms with Crippen molar-refractivity contribution in [1.29, 1.82) is 0 Å². The van der Waals surface area contributed by atoms with Crippen LogP contribution in [-0.2, 0) is 21.7 Å². The highest BCUT2D eigenvalue weighted by Crippen LogP contribution is 2.21. The maximum absolute atomic E-state index is 12.5. The lowest BCUT2D eigenvalue weighted by Gasteiger charge is -2.27. The van der Waals surface area contributed by atoms with Gasteiger partial charge in [-0.15, -0.1) is 0 Å². The average Bonchev–Trinajstić information content (AvgIpc) is 2.99. The van der Waals surface area contributed by atoms with Crippen LogP contribution < -0.4 is 10.6 Å². The molecule has 0 aliphatic heterocycles. The number of nitrogens with one attached hydrogen (secondary N) is 2. The molecule has 1 unspecified atom stereocenters. The van der Waals surface area contributed by atoms with Gasteiger partial charge in [-0.25, -0.2) is 0 Å². The molecule has 1 atom stereocenters. The number of hydrogen-bond donors (Lipinski definition) is 2. The molecule has 0 saturated carbocycles. The maximum Gasteiger partial charge on any atom is 0.253 e. The second kappa shape index (κ2) is 6.26. The third-order valence-corrected chi connectivity index (χ3v) is 3.19. The van der Waals surface area contributed by atoms with E-state index in [1.54, 1.807) is 19.1 Å². The van der Waals surface area contributed by atoms with Gasteiger partial charge < -0.3 is 15.1 Å². The molecule has 2 N–H and O–H groups in total. The number of benzene rings is 1. The number of rotatable bonds is 5. The van der Waals surface area contributed by atoms with Crippen molar-refractivity contribution >= 4 is 11.8 Å². The van der Waals surface area contributed by atoms with Crippen LogP contribution in [0.3, 0.4) is 0 Å². The number of hydrogen-bond acceptors (Lipinski definition) is 3. The summed E-state index contributed by atoms with van der Waals surface area (Å²) in [6.45, 7) is 3.37. The Balaban J connectivity index is 2.13. The topological polar surface area (TPSA) is 71.3 Å². The number of furan rings is 1. The molecule has 0 saturated heterocycles. The largest absolute Gasteiger partial charge is 0.466 e. The smallest absolute Gasteiger partial charge is 0.253 e. The van der Waals surface area contributed by atoms with Gasteiger partial charge in [0.2, 0.25) is 5.91 Å². The Morgan fingerprint density at radius 3 is 2.43 bits per heavy atom. The van der Waals surface area contributed by atoms with Gasteiger partial charge in [-0.1, -0.05) is 30.3 Å². The summed E-state index contributed by atoms with van der Waals surface area (Å²) >= 11 is 0. The fraction of sp³-hybridized carbons (Fsp3) is 0.250. The Morgan fingerprint density at radius 2 is 1.86 bits per heavy atom. The van der Waals surface area contributed by atoms with Crippen LogP contribution in [-0.4, -0.2) is 11.8 Å². The van der Waals surface area contributed by atoms with E-state index in [2.05, 4.69) is 10.6 Å². The number of carbonyl (C=O) groups is 2. The lowest BCUT2D eigenvalue weighted by molar-refractivity contribution is -0.133. The Hall–Kier alpha value is -2.56. The quantitative estimate of drug-likeness (QED) is 0.882. The summed E-state index contributed by atoms with van der Waals surface area (Å²) < 4.78 is 5.30. The first-order valence-corrected chi connectivity index (χ1v) is 6.67. The van der Waals surface area contributed by atoms with E-state index in [-0.39, 0.29) is 11.8 Å². The van der Waals surface area contributed by atoms with Crippen LogP contribution >= 0.6 is 0 Å². The molecule has 2 amide bonds. The van der Waals surface area contributed by atoms with Crippen LogP contribution in [0.25, 0.3) is 0 Å². The van der Waals surface area contributed by atoms with Crippen molar-refractivity contribution in [1.82, 2.24) is 10.6 Å². The van der Waals surface area contributed by atoms with Crippen molar-refractivity contribution in [3.05, 3.63) is 60.1 Å². The Labute approximate surface area is 123 Å². The van der Waals surface area contributed by atoms with E-state index in [1.807, 2.05) is 30.3 Å². The number of carbonyl (C=O) groups excluding carboxylic acids is 2. The van der Waals surface area contributed by atoms with Gasteiger partial charge in [0.1, 0.15) is 5.76 Å².